The topological polar surface area (TPSA) is 96.7 Å². The molecule has 1 aliphatic rings. The first-order valence-electron chi connectivity index (χ1n) is 11.2. The van der Waals surface area contributed by atoms with E-state index in [9.17, 15) is 4.79 Å². The maximum atomic E-state index is 12.7. The van der Waals surface area contributed by atoms with Gasteiger partial charge in [0.2, 0.25) is 12.7 Å². The van der Waals surface area contributed by atoms with Crippen molar-refractivity contribution in [1.29, 1.82) is 0 Å². The van der Waals surface area contributed by atoms with E-state index in [-0.39, 0.29) is 18.5 Å². The third-order valence-electron chi connectivity index (χ3n) is 5.38. The number of anilines is 1. The molecular weight excluding hydrogens is 480 g/mol. The number of fused-ring (bicyclic) bond motifs is 1. The Labute approximate surface area is 212 Å². The van der Waals surface area contributed by atoms with Gasteiger partial charge in [-0.05, 0) is 43.3 Å². The number of rotatable bonds is 9. The van der Waals surface area contributed by atoms with Crippen LogP contribution in [-0.4, -0.2) is 40.3 Å². The number of para-hydroxylation sites is 1. The molecule has 1 aromatic heterocycles. The number of amides is 1. The van der Waals surface area contributed by atoms with E-state index < -0.39 is 6.10 Å². The zero-order valence-electron chi connectivity index (χ0n) is 19.7. The standard InChI is InChI=1S/C26H24N4O5S/c1-17(35-21-10-6-9-20(14-21)32-2)25-28-29-26(30(25)19-7-4-3-5-8-19)36-15-24(31)27-18-11-12-22-23(13-18)34-16-33-22/h3-14,17H,15-16H2,1-2H3,(H,27,31). The SMILES string of the molecule is COc1cccc(OC(C)c2nnc(SCC(=O)Nc3ccc4c(c3)OCO4)n2-c2ccccc2)c1. The normalized spacial score (nSPS) is 12.7. The molecule has 3 aromatic carbocycles. The number of hydrogen-bond donors (Lipinski definition) is 1. The Kier molecular flexibility index (Phi) is 6.94. The molecule has 1 amide bonds. The molecule has 0 spiro atoms. The van der Waals surface area contributed by atoms with Crippen LogP contribution in [0.25, 0.3) is 5.69 Å². The molecule has 1 atom stereocenters. The van der Waals surface area contributed by atoms with Gasteiger partial charge in [0.25, 0.3) is 0 Å². The van der Waals surface area contributed by atoms with Crippen LogP contribution in [0.15, 0.2) is 78.0 Å². The lowest BCUT2D eigenvalue weighted by molar-refractivity contribution is -0.113. The molecule has 1 unspecified atom stereocenters. The summed E-state index contributed by atoms with van der Waals surface area (Å²) in [6.45, 7) is 2.09. The molecule has 184 valence electrons. The summed E-state index contributed by atoms with van der Waals surface area (Å²) in [5.74, 6) is 3.21. The van der Waals surface area contributed by atoms with Gasteiger partial charge in [-0.1, -0.05) is 36.0 Å². The smallest absolute Gasteiger partial charge is 0.234 e. The van der Waals surface area contributed by atoms with E-state index in [1.165, 1.54) is 11.8 Å². The van der Waals surface area contributed by atoms with Crippen LogP contribution in [0.1, 0.15) is 18.9 Å². The zero-order chi connectivity index (χ0) is 24.9. The molecule has 0 aliphatic carbocycles. The highest BCUT2D eigenvalue weighted by atomic mass is 32.2. The van der Waals surface area contributed by atoms with Gasteiger partial charge in [-0.3, -0.25) is 9.36 Å². The van der Waals surface area contributed by atoms with Gasteiger partial charge >= 0.3 is 0 Å². The number of hydrogen-bond acceptors (Lipinski definition) is 8. The van der Waals surface area contributed by atoms with E-state index in [2.05, 4.69) is 15.5 Å². The van der Waals surface area contributed by atoms with Crippen LogP contribution < -0.4 is 24.3 Å². The second-order valence-corrected chi connectivity index (χ2v) is 8.80. The summed E-state index contributed by atoms with van der Waals surface area (Å²) in [4.78, 5) is 12.7. The third kappa shape index (κ3) is 5.23. The monoisotopic (exact) mass is 504 g/mol. The van der Waals surface area contributed by atoms with Crippen molar-refractivity contribution in [1.82, 2.24) is 14.8 Å². The molecule has 1 aliphatic heterocycles. The van der Waals surface area contributed by atoms with Gasteiger partial charge in [0.15, 0.2) is 28.6 Å². The predicted octanol–water partition coefficient (Wildman–Crippen LogP) is 4.88. The van der Waals surface area contributed by atoms with Crippen LogP contribution >= 0.6 is 11.8 Å². The molecule has 0 radical (unpaired) electrons. The molecule has 5 rings (SSSR count). The van der Waals surface area contributed by atoms with E-state index in [4.69, 9.17) is 18.9 Å². The van der Waals surface area contributed by atoms with Crippen LogP contribution in [0.2, 0.25) is 0 Å². The van der Waals surface area contributed by atoms with Crippen molar-refractivity contribution in [3.63, 3.8) is 0 Å². The van der Waals surface area contributed by atoms with Gasteiger partial charge in [-0.2, -0.15) is 0 Å². The summed E-state index contributed by atoms with van der Waals surface area (Å²) in [6.07, 6.45) is -0.415. The quantitative estimate of drug-likeness (QED) is 0.322. The minimum absolute atomic E-state index is 0.143. The number of methoxy groups -OCH3 is 1. The number of ether oxygens (including phenoxy) is 4. The van der Waals surface area contributed by atoms with Gasteiger partial charge in [0.05, 0.1) is 12.9 Å². The van der Waals surface area contributed by atoms with E-state index in [0.29, 0.717) is 39.7 Å². The highest BCUT2D eigenvalue weighted by Gasteiger charge is 2.22. The van der Waals surface area contributed by atoms with E-state index in [0.717, 1.165) is 5.69 Å². The summed E-state index contributed by atoms with van der Waals surface area (Å²) >= 11 is 1.29. The lowest BCUT2D eigenvalue weighted by atomic mass is 10.3. The highest BCUT2D eigenvalue weighted by molar-refractivity contribution is 7.99. The maximum Gasteiger partial charge on any atom is 0.234 e. The van der Waals surface area contributed by atoms with Crippen molar-refractivity contribution in [3.05, 3.63) is 78.6 Å². The molecule has 4 aromatic rings. The van der Waals surface area contributed by atoms with Gasteiger partial charge in [0.1, 0.15) is 11.5 Å². The second kappa shape index (κ2) is 10.6. The molecule has 36 heavy (non-hydrogen) atoms. The number of carbonyl (C=O) groups is 1. The maximum absolute atomic E-state index is 12.7. The van der Waals surface area contributed by atoms with Crippen LogP contribution in [0.3, 0.4) is 0 Å². The van der Waals surface area contributed by atoms with Crippen molar-refractivity contribution in [2.24, 2.45) is 0 Å². The molecule has 0 saturated carbocycles. The minimum atomic E-state index is -0.415. The second-order valence-electron chi connectivity index (χ2n) is 7.86. The molecule has 10 heteroatoms. The summed E-state index contributed by atoms with van der Waals surface area (Å²) < 4.78 is 24.0. The van der Waals surface area contributed by atoms with Gasteiger partial charge in [0, 0.05) is 23.5 Å². The molecule has 1 N–H and O–H groups in total. The van der Waals surface area contributed by atoms with E-state index >= 15 is 0 Å². The summed E-state index contributed by atoms with van der Waals surface area (Å²) in [5.41, 5.74) is 1.51. The summed E-state index contributed by atoms with van der Waals surface area (Å²) in [6, 6.07) is 22.4. The fourth-order valence-corrected chi connectivity index (χ4v) is 4.45. The Morgan fingerprint density at radius 2 is 1.83 bits per heavy atom. The number of thioether (sulfide) groups is 1. The first-order chi connectivity index (χ1) is 17.6. The molecular formula is C26H24N4O5S. The van der Waals surface area contributed by atoms with E-state index in [1.54, 1.807) is 25.3 Å². The van der Waals surface area contributed by atoms with Gasteiger partial charge < -0.3 is 24.3 Å². The van der Waals surface area contributed by atoms with Crippen LogP contribution in [0, 0.1) is 0 Å². The highest BCUT2D eigenvalue weighted by Crippen LogP contribution is 2.34. The average molecular weight is 505 g/mol. The van der Waals surface area contributed by atoms with Crippen LogP contribution in [0.4, 0.5) is 5.69 Å². The zero-order valence-corrected chi connectivity index (χ0v) is 20.5. The minimum Gasteiger partial charge on any atom is -0.497 e. The fraction of sp³-hybridized carbons (Fsp3) is 0.192. The third-order valence-corrected chi connectivity index (χ3v) is 6.31. The average Bonchev–Trinajstić information content (AvgIpc) is 3.55. The van der Waals surface area contributed by atoms with Crippen molar-refractivity contribution < 1.29 is 23.7 Å². The Morgan fingerprint density at radius 1 is 1.03 bits per heavy atom. The molecule has 0 bridgehead atoms. The predicted molar refractivity (Wildman–Crippen MR) is 135 cm³/mol. The number of aromatic nitrogens is 3. The van der Waals surface area contributed by atoms with Gasteiger partial charge in [-0.25, -0.2) is 0 Å². The lowest BCUT2D eigenvalue weighted by Crippen LogP contribution is -2.15. The van der Waals surface area contributed by atoms with E-state index in [1.807, 2.05) is 66.1 Å². The molecule has 0 saturated heterocycles. The van der Waals surface area contributed by atoms with Crippen molar-refractivity contribution in [2.75, 3.05) is 25.0 Å². The Hall–Kier alpha value is -4.18. The fourth-order valence-electron chi connectivity index (χ4n) is 3.69. The largest absolute Gasteiger partial charge is 0.497 e. The number of benzene rings is 3. The van der Waals surface area contributed by atoms with Crippen LogP contribution in [-0.2, 0) is 4.79 Å². The molecule has 0 fully saturated rings. The van der Waals surface area contributed by atoms with Crippen LogP contribution in [0.5, 0.6) is 23.0 Å². The number of nitrogens with one attached hydrogen (secondary N) is 1. The molecule has 9 nitrogen and oxygen atoms in total. The number of carbonyl (C=O) groups excluding carboxylic acids is 1. The van der Waals surface area contributed by atoms with Crippen molar-refractivity contribution in [2.45, 2.75) is 18.2 Å². The van der Waals surface area contributed by atoms with Gasteiger partial charge in [-0.15, -0.1) is 10.2 Å². The lowest BCUT2D eigenvalue weighted by Gasteiger charge is -2.17. The van der Waals surface area contributed by atoms with Crippen molar-refractivity contribution in [3.8, 4) is 28.7 Å². The Balaban J connectivity index is 1.32. The number of nitrogens with zero attached hydrogens (tertiary/aromatic N) is 3. The first kappa shape index (κ1) is 23.6. The Bertz CT molecular complexity index is 1360. The summed E-state index contributed by atoms with van der Waals surface area (Å²) in [5, 5.41) is 12.2. The molecule has 2 heterocycles. The first-order valence-corrected chi connectivity index (χ1v) is 12.2. The Morgan fingerprint density at radius 3 is 2.67 bits per heavy atom. The van der Waals surface area contributed by atoms with Crippen molar-refractivity contribution >= 4 is 23.4 Å². The summed E-state index contributed by atoms with van der Waals surface area (Å²) in [7, 11) is 1.61.